The van der Waals surface area contributed by atoms with Gasteiger partial charge in [0.2, 0.25) is 17.6 Å². The van der Waals surface area contributed by atoms with Crippen LogP contribution in [-0.2, 0) is 11.2 Å². The molecule has 25 heavy (non-hydrogen) atoms. The van der Waals surface area contributed by atoms with Gasteiger partial charge in [0.05, 0.1) is 15.7 Å². The molecule has 0 saturated heterocycles. The van der Waals surface area contributed by atoms with Gasteiger partial charge >= 0.3 is 0 Å². The molecule has 1 aromatic heterocycles. The van der Waals surface area contributed by atoms with Crippen LogP contribution in [0.4, 0.5) is 5.69 Å². The van der Waals surface area contributed by atoms with E-state index in [-0.39, 0.29) is 12.3 Å². The van der Waals surface area contributed by atoms with Gasteiger partial charge in [-0.1, -0.05) is 52.1 Å². The number of nitrogens with one attached hydrogen (secondary N) is 1. The molecule has 0 bridgehead atoms. The van der Waals surface area contributed by atoms with Crippen LogP contribution in [0.1, 0.15) is 12.3 Å². The third-order valence-electron chi connectivity index (χ3n) is 3.35. The maximum absolute atomic E-state index is 12.0. The van der Waals surface area contributed by atoms with Crippen LogP contribution in [-0.4, -0.2) is 16.0 Å². The summed E-state index contributed by atoms with van der Waals surface area (Å²) >= 11 is 18.0. The van der Waals surface area contributed by atoms with Crippen LogP contribution in [0.2, 0.25) is 15.1 Å². The molecule has 5 nitrogen and oxygen atoms in total. The Bertz CT molecular complexity index is 912. The normalized spacial score (nSPS) is 10.7. The van der Waals surface area contributed by atoms with Gasteiger partial charge in [-0.25, -0.2) is 0 Å². The molecule has 0 radical (unpaired) electrons. The lowest BCUT2D eigenvalue weighted by Crippen LogP contribution is -2.12. The SMILES string of the molecule is O=C(CCc1nc(-c2ccccc2Cl)no1)Nc1ccc(Cl)cc1Cl. The number of halogens is 3. The first-order valence-corrected chi connectivity index (χ1v) is 8.48. The van der Waals surface area contributed by atoms with Gasteiger partial charge < -0.3 is 9.84 Å². The van der Waals surface area contributed by atoms with Crippen LogP contribution < -0.4 is 5.32 Å². The first kappa shape index (κ1) is 17.7. The predicted molar refractivity (Wildman–Crippen MR) is 98.2 cm³/mol. The van der Waals surface area contributed by atoms with E-state index in [9.17, 15) is 4.79 Å². The van der Waals surface area contributed by atoms with Gasteiger partial charge in [0.15, 0.2) is 0 Å². The van der Waals surface area contributed by atoms with E-state index >= 15 is 0 Å². The Morgan fingerprint density at radius 1 is 1.08 bits per heavy atom. The van der Waals surface area contributed by atoms with Crippen LogP contribution in [0.5, 0.6) is 0 Å². The standard InChI is InChI=1S/C17H12Cl3N3O2/c18-10-5-6-14(13(20)9-10)21-15(24)7-8-16-22-17(23-25-16)11-3-1-2-4-12(11)19/h1-6,9H,7-8H2,(H,21,24). The highest BCUT2D eigenvalue weighted by Crippen LogP contribution is 2.26. The monoisotopic (exact) mass is 395 g/mol. The first-order chi connectivity index (χ1) is 12.0. The maximum atomic E-state index is 12.0. The topological polar surface area (TPSA) is 68.0 Å². The highest BCUT2D eigenvalue weighted by Gasteiger charge is 2.13. The Hall–Kier alpha value is -2.08. The predicted octanol–water partition coefficient (Wildman–Crippen LogP) is 5.27. The third-order valence-corrected chi connectivity index (χ3v) is 4.23. The highest BCUT2D eigenvalue weighted by atomic mass is 35.5. The van der Waals surface area contributed by atoms with Gasteiger partial charge in [-0.05, 0) is 30.3 Å². The molecule has 3 aromatic rings. The lowest BCUT2D eigenvalue weighted by atomic mass is 10.2. The van der Waals surface area contributed by atoms with E-state index in [1.165, 1.54) is 0 Å². The van der Waals surface area contributed by atoms with Crippen LogP contribution in [0.15, 0.2) is 47.0 Å². The summed E-state index contributed by atoms with van der Waals surface area (Å²) in [5.41, 5.74) is 1.18. The number of aromatic nitrogens is 2. The molecule has 0 aliphatic rings. The van der Waals surface area contributed by atoms with Crippen molar-refractivity contribution in [3.05, 3.63) is 63.4 Å². The summed E-state index contributed by atoms with van der Waals surface area (Å²) in [4.78, 5) is 16.3. The van der Waals surface area contributed by atoms with Gasteiger partial charge in [-0.3, -0.25) is 4.79 Å². The molecule has 1 amide bonds. The Labute approximate surface area is 158 Å². The summed E-state index contributed by atoms with van der Waals surface area (Å²) in [5, 5.41) is 8.02. The quantitative estimate of drug-likeness (QED) is 0.638. The first-order valence-electron chi connectivity index (χ1n) is 7.35. The van der Waals surface area contributed by atoms with E-state index in [2.05, 4.69) is 15.5 Å². The number of carbonyl (C=O) groups is 1. The Kier molecular flexibility index (Phi) is 5.58. The molecule has 0 atom stereocenters. The second-order valence-corrected chi connectivity index (χ2v) is 6.41. The van der Waals surface area contributed by atoms with Crippen molar-refractivity contribution in [1.29, 1.82) is 0 Å². The van der Waals surface area contributed by atoms with E-state index < -0.39 is 0 Å². The zero-order valence-corrected chi connectivity index (χ0v) is 15.1. The zero-order valence-electron chi connectivity index (χ0n) is 12.8. The molecule has 3 rings (SSSR count). The van der Waals surface area contributed by atoms with E-state index in [1.807, 2.05) is 12.1 Å². The van der Waals surface area contributed by atoms with Crippen molar-refractivity contribution >= 4 is 46.4 Å². The van der Waals surface area contributed by atoms with Gasteiger partial charge in [0.1, 0.15) is 0 Å². The largest absolute Gasteiger partial charge is 0.339 e. The number of carbonyl (C=O) groups excluding carboxylic acids is 1. The average Bonchev–Trinajstić information content (AvgIpc) is 3.05. The van der Waals surface area contributed by atoms with Crippen LogP contribution >= 0.6 is 34.8 Å². The van der Waals surface area contributed by atoms with E-state index in [0.29, 0.717) is 44.5 Å². The molecule has 0 unspecified atom stereocenters. The molecular formula is C17H12Cl3N3O2. The fourth-order valence-corrected chi connectivity index (χ4v) is 2.81. The molecule has 2 aromatic carbocycles. The number of nitrogens with zero attached hydrogens (tertiary/aromatic N) is 2. The van der Waals surface area contributed by atoms with E-state index in [4.69, 9.17) is 39.3 Å². The fraction of sp³-hybridized carbons (Fsp3) is 0.118. The maximum Gasteiger partial charge on any atom is 0.227 e. The smallest absolute Gasteiger partial charge is 0.227 e. The van der Waals surface area contributed by atoms with Gasteiger partial charge in [0.25, 0.3) is 0 Å². The summed E-state index contributed by atoms with van der Waals surface area (Å²) in [6, 6.07) is 12.1. The Balaban J connectivity index is 1.60. The van der Waals surface area contributed by atoms with Crippen LogP contribution in [0.25, 0.3) is 11.4 Å². The third kappa shape index (κ3) is 4.51. The molecule has 0 aliphatic heterocycles. The molecule has 1 heterocycles. The van der Waals surface area contributed by atoms with Gasteiger partial charge in [-0.15, -0.1) is 0 Å². The lowest BCUT2D eigenvalue weighted by molar-refractivity contribution is -0.116. The van der Waals surface area contributed by atoms with Crippen molar-refractivity contribution in [1.82, 2.24) is 10.1 Å². The molecule has 128 valence electrons. The lowest BCUT2D eigenvalue weighted by Gasteiger charge is -2.06. The van der Waals surface area contributed by atoms with Crippen molar-refractivity contribution in [3.8, 4) is 11.4 Å². The summed E-state index contributed by atoms with van der Waals surface area (Å²) in [7, 11) is 0. The summed E-state index contributed by atoms with van der Waals surface area (Å²) < 4.78 is 5.17. The number of amides is 1. The molecule has 0 fully saturated rings. The minimum Gasteiger partial charge on any atom is -0.339 e. The molecule has 8 heteroatoms. The van der Waals surface area contributed by atoms with Gasteiger partial charge in [-0.2, -0.15) is 4.98 Å². The summed E-state index contributed by atoms with van der Waals surface area (Å²) in [6.07, 6.45) is 0.470. The average molecular weight is 397 g/mol. The molecular weight excluding hydrogens is 385 g/mol. The van der Waals surface area contributed by atoms with Crippen molar-refractivity contribution in [3.63, 3.8) is 0 Å². The number of hydrogen-bond acceptors (Lipinski definition) is 4. The number of benzene rings is 2. The molecule has 0 aliphatic carbocycles. The number of hydrogen-bond donors (Lipinski definition) is 1. The van der Waals surface area contributed by atoms with Crippen molar-refractivity contribution < 1.29 is 9.32 Å². The second-order valence-electron chi connectivity index (χ2n) is 5.16. The summed E-state index contributed by atoms with van der Waals surface area (Å²) in [5.74, 6) is 0.524. The number of aryl methyl sites for hydroxylation is 1. The summed E-state index contributed by atoms with van der Waals surface area (Å²) in [6.45, 7) is 0. The second kappa shape index (κ2) is 7.87. The molecule has 0 spiro atoms. The van der Waals surface area contributed by atoms with Gasteiger partial charge in [0, 0.05) is 23.4 Å². The Morgan fingerprint density at radius 2 is 1.88 bits per heavy atom. The van der Waals surface area contributed by atoms with Crippen molar-refractivity contribution in [2.45, 2.75) is 12.8 Å². The fourth-order valence-electron chi connectivity index (χ4n) is 2.13. The zero-order chi connectivity index (χ0) is 17.8. The minimum absolute atomic E-state index is 0.170. The minimum atomic E-state index is -0.221. The number of anilines is 1. The number of rotatable bonds is 5. The van der Waals surface area contributed by atoms with Crippen LogP contribution in [0, 0.1) is 0 Å². The highest BCUT2D eigenvalue weighted by molar-refractivity contribution is 6.36. The van der Waals surface area contributed by atoms with E-state index in [0.717, 1.165) is 0 Å². The molecule has 1 N–H and O–H groups in total. The Morgan fingerprint density at radius 3 is 2.64 bits per heavy atom. The van der Waals surface area contributed by atoms with Crippen molar-refractivity contribution in [2.24, 2.45) is 0 Å². The molecule has 0 saturated carbocycles. The van der Waals surface area contributed by atoms with E-state index in [1.54, 1.807) is 30.3 Å². The van der Waals surface area contributed by atoms with Crippen LogP contribution in [0.3, 0.4) is 0 Å². The van der Waals surface area contributed by atoms with Crippen molar-refractivity contribution in [2.75, 3.05) is 5.32 Å².